The molecule has 1 saturated heterocycles. The average Bonchev–Trinajstić information content (AvgIpc) is 2.97. The number of likely N-dealkylation sites (tertiary alicyclic amines) is 1. The van der Waals surface area contributed by atoms with E-state index in [1.54, 1.807) is 0 Å². The number of ether oxygens (including phenoxy) is 2. The van der Waals surface area contributed by atoms with Crippen LogP contribution in [0.1, 0.15) is 25.8 Å². The Morgan fingerprint density at radius 1 is 1.29 bits per heavy atom. The lowest BCUT2D eigenvalue weighted by molar-refractivity contribution is 0.169. The first kappa shape index (κ1) is 14.7. The lowest BCUT2D eigenvalue weighted by Crippen LogP contribution is -2.30. The van der Waals surface area contributed by atoms with E-state index in [1.807, 2.05) is 12.1 Å². The van der Waals surface area contributed by atoms with Gasteiger partial charge in [0.05, 0.1) is 0 Å². The van der Waals surface area contributed by atoms with Crippen molar-refractivity contribution in [3.05, 3.63) is 23.8 Å². The van der Waals surface area contributed by atoms with Crippen molar-refractivity contribution in [3.8, 4) is 11.5 Å². The van der Waals surface area contributed by atoms with E-state index in [2.05, 4.69) is 30.1 Å². The predicted octanol–water partition coefficient (Wildman–Crippen LogP) is 2.28. The Labute approximate surface area is 127 Å². The van der Waals surface area contributed by atoms with Gasteiger partial charge >= 0.3 is 0 Å². The van der Waals surface area contributed by atoms with Crippen LogP contribution in [0, 0.1) is 5.92 Å². The average molecular weight is 290 g/mol. The summed E-state index contributed by atoms with van der Waals surface area (Å²) in [4.78, 5) is 2.56. The lowest BCUT2D eigenvalue weighted by Gasteiger charge is -2.22. The maximum atomic E-state index is 5.75. The van der Waals surface area contributed by atoms with E-state index in [-0.39, 0.29) is 0 Å². The Kier molecular flexibility index (Phi) is 4.66. The van der Waals surface area contributed by atoms with Gasteiger partial charge < -0.3 is 19.7 Å². The second kappa shape index (κ2) is 6.67. The van der Waals surface area contributed by atoms with Crippen molar-refractivity contribution >= 4 is 0 Å². The summed E-state index contributed by atoms with van der Waals surface area (Å²) in [5.74, 6) is 2.57. The lowest BCUT2D eigenvalue weighted by atomic mass is 10.1. The quantitative estimate of drug-likeness (QED) is 0.902. The molecule has 0 aliphatic carbocycles. The van der Waals surface area contributed by atoms with Crippen LogP contribution in [0.15, 0.2) is 18.2 Å². The molecule has 0 radical (unpaired) electrons. The van der Waals surface area contributed by atoms with Gasteiger partial charge in [0.2, 0.25) is 0 Å². The van der Waals surface area contributed by atoms with E-state index >= 15 is 0 Å². The Morgan fingerprint density at radius 3 is 2.95 bits per heavy atom. The molecule has 1 unspecified atom stereocenters. The number of nitrogens with zero attached hydrogens (tertiary/aromatic N) is 1. The first-order valence-electron chi connectivity index (χ1n) is 8.06. The Morgan fingerprint density at radius 2 is 2.14 bits per heavy atom. The van der Waals surface area contributed by atoms with Crippen LogP contribution in [0.25, 0.3) is 0 Å². The Hall–Kier alpha value is -1.26. The maximum Gasteiger partial charge on any atom is 0.165 e. The van der Waals surface area contributed by atoms with Gasteiger partial charge in [0.15, 0.2) is 11.5 Å². The highest BCUT2D eigenvalue weighted by Gasteiger charge is 2.24. The second-order valence-electron chi connectivity index (χ2n) is 6.32. The molecule has 4 nitrogen and oxygen atoms in total. The van der Waals surface area contributed by atoms with Gasteiger partial charge in [-0.1, -0.05) is 12.1 Å². The summed E-state index contributed by atoms with van der Waals surface area (Å²) in [5.41, 5.74) is 1.20. The highest BCUT2D eigenvalue weighted by molar-refractivity contribution is 5.47. The molecule has 2 aliphatic rings. The molecule has 4 heteroatoms. The van der Waals surface area contributed by atoms with Gasteiger partial charge in [0.25, 0.3) is 0 Å². The molecule has 0 spiro atoms. The van der Waals surface area contributed by atoms with Gasteiger partial charge in [-0.25, -0.2) is 0 Å². The third-order valence-electron chi connectivity index (χ3n) is 4.44. The molecule has 2 heterocycles. The van der Waals surface area contributed by atoms with E-state index in [9.17, 15) is 0 Å². The summed E-state index contributed by atoms with van der Waals surface area (Å²) in [6, 6.07) is 6.81. The predicted molar refractivity (Wildman–Crippen MR) is 84.0 cm³/mol. The molecule has 1 fully saturated rings. The number of nitrogens with one attached hydrogen (secondary N) is 1. The smallest absolute Gasteiger partial charge is 0.165 e. The molecule has 2 aliphatic heterocycles. The number of hydrogen-bond acceptors (Lipinski definition) is 4. The molecule has 116 valence electrons. The SMILES string of the molecule is CC(C)N1CCC(CNCc2cccc3c2OCCO3)C1. The van der Waals surface area contributed by atoms with Crippen molar-refractivity contribution in [2.24, 2.45) is 5.92 Å². The molecule has 0 aromatic heterocycles. The van der Waals surface area contributed by atoms with E-state index in [0.29, 0.717) is 19.3 Å². The van der Waals surface area contributed by atoms with E-state index in [4.69, 9.17) is 9.47 Å². The van der Waals surface area contributed by atoms with Gasteiger partial charge in [-0.15, -0.1) is 0 Å². The zero-order valence-electron chi connectivity index (χ0n) is 13.1. The largest absolute Gasteiger partial charge is 0.486 e. The van der Waals surface area contributed by atoms with Crippen LogP contribution in [-0.2, 0) is 6.54 Å². The molecule has 1 N–H and O–H groups in total. The summed E-state index contributed by atoms with van der Waals surface area (Å²) < 4.78 is 11.4. The van der Waals surface area contributed by atoms with E-state index in [0.717, 1.165) is 30.5 Å². The van der Waals surface area contributed by atoms with Crippen LogP contribution in [-0.4, -0.2) is 43.8 Å². The maximum absolute atomic E-state index is 5.75. The standard InChI is InChI=1S/C17H26N2O2/c1-13(2)19-7-6-14(12-19)10-18-11-15-4-3-5-16-17(15)21-9-8-20-16/h3-5,13-14,18H,6-12H2,1-2H3. The van der Waals surface area contributed by atoms with Crippen LogP contribution >= 0.6 is 0 Å². The summed E-state index contributed by atoms with van der Waals surface area (Å²) in [7, 11) is 0. The first-order valence-corrected chi connectivity index (χ1v) is 8.06. The fraction of sp³-hybridized carbons (Fsp3) is 0.647. The monoisotopic (exact) mass is 290 g/mol. The van der Waals surface area contributed by atoms with Crippen LogP contribution in [0.3, 0.4) is 0 Å². The van der Waals surface area contributed by atoms with Crippen molar-refractivity contribution in [3.63, 3.8) is 0 Å². The summed E-state index contributed by atoms with van der Waals surface area (Å²) in [6.07, 6.45) is 1.30. The minimum atomic E-state index is 0.649. The topological polar surface area (TPSA) is 33.7 Å². The normalized spacial score (nSPS) is 22.0. The molecule has 21 heavy (non-hydrogen) atoms. The van der Waals surface area contributed by atoms with Crippen molar-refractivity contribution in [1.29, 1.82) is 0 Å². The van der Waals surface area contributed by atoms with Crippen LogP contribution < -0.4 is 14.8 Å². The molecule has 1 aromatic rings. The number of para-hydroxylation sites is 1. The number of hydrogen-bond donors (Lipinski definition) is 1. The highest BCUT2D eigenvalue weighted by atomic mass is 16.6. The third-order valence-corrected chi connectivity index (χ3v) is 4.44. The minimum absolute atomic E-state index is 0.649. The summed E-state index contributed by atoms with van der Waals surface area (Å²) in [6.45, 7) is 10.2. The van der Waals surface area contributed by atoms with Crippen LogP contribution in [0.2, 0.25) is 0 Å². The number of fused-ring (bicyclic) bond motifs is 1. The highest BCUT2D eigenvalue weighted by Crippen LogP contribution is 2.33. The minimum Gasteiger partial charge on any atom is -0.486 e. The zero-order chi connectivity index (χ0) is 14.7. The molecule has 3 rings (SSSR count). The van der Waals surface area contributed by atoms with Gasteiger partial charge in [0, 0.05) is 24.7 Å². The van der Waals surface area contributed by atoms with Crippen LogP contribution in [0.5, 0.6) is 11.5 Å². The fourth-order valence-electron chi connectivity index (χ4n) is 3.18. The molecule has 0 saturated carbocycles. The van der Waals surface area contributed by atoms with Crippen molar-refractivity contribution in [1.82, 2.24) is 10.2 Å². The third kappa shape index (κ3) is 3.50. The van der Waals surface area contributed by atoms with Gasteiger partial charge in [0.1, 0.15) is 13.2 Å². The molecule has 1 aromatic carbocycles. The molecular formula is C17H26N2O2. The van der Waals surface area contributed by atoms with E-state index < -0.39 is 0 Å². The van der Waals surface area contributed by atoms with Crippen molar-refractivity contribution < 1.29 is 9.47 Å². The summed E-state index contributed by atoms with van der Waals surface area (Å²) >= 11 is 0. The molecular weight excluding hydrogens is 264 g/mol. The van der Waals surface area contributed by atoms with Gasteiger partial charge in [-0.05, 0) is 45.3 Å². The Balaban J connectivity index is 1.50. The summed E-state index contributed by atoms with van der Waals surface area (Å²) in [5, 5.41) is 3.59. The number of rotatable bonds is 5. The van der Waals surface area contributed by atoms with Gasteiger partial charge in [-0.2, -0.15) is 0 Å². The van der Waals surface area contributed by atoms with Crippen LogP contribution in [0.4, 0.5) is 0 Å². The first-order chi connectivity index (χ1) is 10.2. The molecule has 0 bridgehead atoms. The second-order valence-corrected chi connectivity index (χ2v) is 6.32. The van der Waals surface area contributed by atoms with Gasteiger partial charge in [-0.3, -0.25) is 0 Å². The zero-order valence-corrected chi connectivity index (χ0v) is 13.1. The molecule has 0 amide bonds. The number of benzene rings is 1. The Bertz CT molecular complexity index is 476. The van der Waals surface area contributed by atoms with Crippen molar-refractivity contribution in [2.45, 2.75) is 32.9 Å². The fourth-order valence-corrected chi connectivity index (χ4v) is 3.18. The van der Waals surface area contributed by atoms with E-state index in [1.165, 1.54) is 25.1 Å². The molecule has 1 atom stereocenters. The van der Waals surface area contributed by atoms with Crippen molar-refractivity contribution in [2.75, 3.05) is 32.8 Å².